The van der Waals surface area contributed by atoms with Gasteiger partial charge in [-0.25, -0.2) is 0 Å². The molecule has 0 aliphatic carbocycles. The van der Waals surface area contributed by atoms with Crippen LogP contribution in [0.4, 0.5) is 0 Å². The number of hydrogen-bond acceptors (Lipinski definition) is 6. The molecule has 3 rings (SSSR count). The van der Waals surface area contributed by atoms with Crippen molar-refractivity contribution in [3.8, 4) is 5.75 Å². The second kappa shape index (κ2) is 9.19. The van der Waals surface area contributed by atoms with E-state index < -0.39 is 0 Å². The summed E-state index contributed by atoms with van der Waals surface area (Å²) in [6.45, 7) is 8.67. The van der Waals surface area contributed by atoms with Gasteiger partial charge in [0.25, 0.3) is 0 Å². The summed E-state index contributed by atoms with van der Waals surface area (Å²) in [5.74, 6) is 2.80. The Kier molecular flexibility index (Phi) is 6.68. The summed E-state index contributed by atoms with van der Waals surface area (Å²) in [5, 5.41) is 11.2. The van der Waals surface area contributed by atoms with Crippen molar-refractivity contribution in [2.45, 2.75) is 20.3 Å². The van der Waals surface area contributed by atoms with Crippen molar-refractivity contribution < 1.29 is 9.53 Å². The highest BCUT2D eigenvalue weighted by Crippen LogP contribution is 2.20. The molecule has 2 saturated heterocycles. The maximum atomic E-state index is 11.1. The first-order valence-electron chi connectivity index (χ1n) is 9.07. The highest BCUT2D eigenvalue weighted by Gasteiger charge is 2.21. The molecular formula is C19H26N4O2S. The number of carbonyl (C=O) groups is 1. The number of thioether (sulfide) groups is 1. The van der Waals surface area contributed by atoms with Crippen molar-refractivity contribution in [1.29, 1.82) is 0 Å². The number of hydrogen-bond donors (Lipinski definition) is 1. The lowest BCUT2D eigenvalue weighted by molar-refractivity contribution is -0.116. The van der Waals surface area contributed by atoms with Crippen molar-refractivity contribution in [2.24, 2.45) is 22.0 Å². The summed E-state index contributed by atoms with van der Waals surface area (Å²) < 4.78 is 5.87. The fourth-order valence-electron chi connectivity index (χ4n) is 3.44. The molecule has 2 aliphatic rings. The predicted octanol–water partition coefficient (Wildman–Crippen LogP) is 2.60. The minimum Gasteiger partial charge on any atom is -0.492 e. The number of nitrogens with one attached hydrogen (secondary N) is 1. The lowest BCUT2D eigenvalue weighted by atomic mass is 9.92. The van der Waals surface area contributed by atoms with Gasteiger partial charge in [-0.2, -0.15) is 5.10 Å². The van der Waals surface area contributed by atoms with Crippen LogP contribution >= 0.6 is 11.8 Å². The molecule has 0 bridgehead atoms. The van der Waals surface area contributed by atoms with Crippen molar-refractivity contribution in [1.82, 2.24) is 10.2 Å². The molecule has 2 heterocycles. The lowest BCUT2D eigenvalue weighted by Gasteiger charge is -2.34. The minimum absolute atomic E-state index is 0.0288. The molecule has 0 saturated carbocycles. The maximum absolute atomic E-state index is 11.1. The quantitative estimate of drug-likeness (QED) is 0.614. The molecule has 1 amide bonds. The van der Waals surface area contributed by atoms with E-state index >= 15 is 0 Å². The van der Waals surface area contributed by atoms with E-state index in [1.165, 1.54) is 31.3 Å². The van der Waals surface area contributed by atoms with Crippen LogP contribution in [0.3, 0.4) is 0 Å². The van der Waals surface area contributed by atoms with Crippen LogP contribution in [0.15, 0.2) is 34.5 Å². The molecule has 26 heavy (non-hydrogen) atoms. The van der Waals surface area contributed by atoms with E-state index in [2.05, 4.69) is 34.3 Å². The van der Waals surface area contributed by atoms with Gasteiger partial charge < -0.3 is 10.1 Å². The summed E-state index contributed by atoms with van der Waals surface area (Å²) in [6, 6.07) is 7.79. The third kappa shape index (κ3) is 5.85. The molecule has 2 atom stereocenters. The first kappa shape index (κ1) is 18.9. The number of benzene rings is 1. The molecule has 1 N–H and O–H groups in total. The predicted molar refractivity (Wildman–Crippen MR) is 107 cm³/mol. The monoisotopic (exact) mass is 374 g/mol. The molecular weight excluding hydrogens is 348 g/mol. The molecule has 0 aromatic heterocycles. The number of rotatable bonds is 6. The van der Waals surface area contributed by atoms with Crippen LogP contribution < -0.4 is 10.1 Å². The Morgan fingerprint density at radius 3 is 2.65 bits per heavy atom. The van der Waals surface area contributed by atoms with E-state index in [9.17, 15) is 4.79 Å². The number of ether oxygens (including phenoxy) is 1. The van der Waals surface area contributed by atoms with E-state index in [0.717, 1.165) is 29.7 Å². The average molecular weight is 375 g/mol. The molecule has 6 nitrogen and oxygen atoms in total. The highest BCUT2D eigenvalue weighted by molar-refractivity contribution is 8.15. The molecule has 0 spiro atoms. The molecule has 7 heteroatoms. The van der Waals surface area contributed by atoms with Gasteiger partial charge in [-0.3, -0.25) is 9.69 Å². The number of likely N-dealkylation sites (tertiary alicyclic amines) is 1. The number of amidine groups is 1. The van der Waals surface area contributed by atoms with Gasteiger partial charge in [0.1, 0.15) is 12.4 Å². The highest BCUT2D eigenvalue weighted by atomic mass is 32.2. The summed E-state index contributed by atoms with van der Waals surface area (Å²) in [4.78, 5) is 13.6. The van der Waals surface area contributed by atoms with Crippen LogP contribution in [-0.2, 0) is 4.79 Å². The van der Waals surface area contributed by atoms with Crippen LogP contribution in [-0.4, -0.2) is 54.2 Å². The van der Waals surface area contributed by atoms with Crippen LogP contribution in [0.25, 0.3) is 0 Å². The Labute approximate surface area is 159 Å². The van der Waals surface area contributed by atoms with Gasteiger partial charge in [0, 0.05) is 19.6 Å². The molecule has 140 valence electrons. The summed E-state index contributed by atoms with van der Waals surface area (Å²) in [6.07, 6.45) is 3.00. The summed E-state index contributed by atoms with van der Waals surface area (Å²) >= 11 is 1.36. The van der Waals surface area contributed by atoms with Crippen molar-refractivity contribution >= 4 is 29.1 Å². The Balaban J connectivity index is 1.42. The largest absolute Gasteiger partial charge is 0.492 e. The molecule has 1 aromatic rings. The van der Waals surface area contributed by atoms with Crippen molar-refractivity contribution in [3.05, 3.63) is 29.8 Å². The number of amides is 1. The Bertz CT molecular complexity index is 665. The van der Waals surface area contributed by atoms with E-state index in [-0.39, 0.29) is 5.91 Å². The number of carbonyl (C=O) groups excluding carboxylic acids is 1. The topological polar surface area (TPSA) is 66.3 Å². The van der Waals surface area contributed by atoms with Crippen molar-refractivity contribution in [3.63, 3.8) is 0 Å². The summed E-state index contributed by atoms with van der Waals surface area (Å²) in [7, 11) is 0. The van der Waals surface area contributed by atoms with Crippen LogP contribution in [0, 0.1) is 11.8 Å². The van der Waals surface area contributed by atoms with Gasteiger partial charge in [0.15, 0.2) is 5.17 Å². The third-order valence-electron chi connectivity index (χ3n) is 4.44. The first-order chi connectivity index (χ1) is 12.6. The fourth-order valence-corrected chi connectivity index (χ4v) is 4.08. The molecule has 1 aromatic carbocycles. The number of piperidine rings is 1. The standard InChI is InChI=1S/C19H26N4O2S/c1-14-9-15(2)12-23(11-14)7-8-25-17-5-3-16(4-6-17)10-20-22-19-21-18(24)13-26-19/h3-6,10,14-15H,7-9,11-13H2,1-2H3,(H,21,22,24). The number of nitrogens with zero attached hydrogens (tertiary/aromatic N) is 3. The molecule has 2 aliphatic heterocycles. The lowest BCUT2D eigenvalue weighted by Crippen LogP contribution is -2.40. The zero-order valence-corrected chi connectivity index (χ0v) is 16.2. The van der Waals surface area contributed by atoms with Crippen LogP contribution in [0.1, 0.15) is 25.8 Å². The Morgan fingerprint density at radius 1 is 1.27 bits per heavy atom. The van der Waals surface area contributed by atoms with Crippen molar-refractivity contribution in [2.75, 3.05) is 32.0 Å². The maximum Gasteiger partial charge on any atom is 0.236 e. The Hall–Kier alpha value is -1.86. The van der Waals surface area contributed by atoms with E-state index in [1.807, 2.05) is 24.3 Å². The minimum atomic E-state index is -0.0288. The average Bonchev–Trinajstić information content (AvgIpc) is 3.01. The van der Waals surface area contributed by atoms with Gasteiger partial charge in [-0.15, -0.1) is 5.10 Å². The van der Waals surface area contributed by atoms with Crippen LogP contribution in [0.5, 0.6) is 5.75 Å². The second-order valence-electron chi connectivity index (χ2n) is 7.11. The molecule has 2 unspecified atom stereocenters. The van der Waals surface area contributed by atoms with E-state index in [4.69, 9.17) is 4.74 Å². The zero-order chi connectivity index (χ0) is 18.4. The molecule has 2 fully saturated rings. The van der Waals surface area contributed by atoms with E-state index in [0.29, 0.717) is 17.5 Å². The normalized spacial score (nSPS) is 25.8. The fraction of sp³-hybridized carbons (Fsp3) is 0.526. The Morgan fingerprint density at radius 2 is 2.00 bits per heavy atom. The SMILES string of the molecule is CC1CC(C)CN(CCOc2ccc(C=NN=C3NC(=O)CS3)cc2)C1. The first-order valence-corrected chi connectivity index (χ1v) is 10.1. The van der Waals surface area contributed by atoms with Gasteiger partial charge in [-0.1, -0.05) is 25.6 Å². The van der Waals surface area contributed by atoms with E-state index in [1.54, 1.807) is 6.21 Å². The van der Waals surface area contributed by atoms with Gasteiger partial charge in [0.2, 0.25) is 5.91 Å². The molecule has 0 radical (unpaired) electrons. The van der Waals surface area contributed by atoms with Gasteiger partial charge in [0.05, 0.1) is 12.0 Å². The summed E-state index contributed by atoms with van der Waals surface area (Å²) in [5.41, 5.74) is 0.940. The third-order valence-corrected chi connectivity index (χ3v) is 5.31. The van der Waals surface area contributed by atoms with Crippen LogP contribution in [0.2, 0.25) is 0 Å². The smallest absolute Gasteiger partial charge is 0.236 e. The second-order valence-corrected chi connectivity index (χ2v) is 8.07. The van der Waals surface area contributed by atoms with Gasteiger partial charge in [-0.05, 0) is 48.1 Å². The zero-order valence-electron chi connectivity index (χ0n) is 15.4. The van der Waals surface area contributed by atoms with Gasteiger partial charge >= 0.3 is 0 Å².